The molecule has 2 N–H and O–H groups in total. The molecule has 0 spiro atoms. The largest absolute Gasteiger partial charge is 0.361 e. The summed E-state index contributed by atoms with van der Waals surface area (Å²) in [6.45, 7) is 6.36. The Labute approximate surface area is 74.6 Å². The van der Waals surface area contributed by atoms with Crippen molar-refractivity contribution in [2.45, 2.75) is 32.2 Å². The molecule has 1 unspecified atom stereocenters. The SMILES string of the molecule is CCN1CCC(C)(N)C/C1=N/C. The zero-order chi connectivity index (χ0) is 9.19. The number of likely N-dealkylation sites (tertiary alicyclic amines) is 1. The van der Waals surface area contributed by atoms with Gasteiger partial charge in [-0.25, -0.2) is 0 Å². The lowest BCUT2D eigenvalue weighted by molar-refractivity contribution is 0.301. The Hall–Kier alpha value is -0.570. The third-order valence-electron chi connectivity index (χ3n) is 2.52. The highest BCUT2D eigenvalue weighted by atomic mass is 15.2. The van der Waals surface area contributed by atoms with Crippen molar-refractivity contribution in [1.29, 1.82) is 0 Å². The molecule has 0 aromatic heterocycles. The fourth-order valence-electron chi connectivity index (χ4n) is 1.64. The number of nitrogens with two attached hydrogens (primary N) is 1. The molecule has 0 aromatic rings. The van der Waals surface area contributed by atoms with Gasteiger partial charge in [-0.1, -0.05) is 0 Å². The van der Waals surface area contributed by atoms with Crippen molar-refractivity contribution < 1.29 is 0 Å². The second-order valence-electron chi connectivity index (χ2n) is 3.80. The van der Waals surface area contributed by atoms with Gasteiger partial charge in [0.2, 0.25) is 0 Å². The van der Waals surface area contributed by atoms with Crippen molar-refractivity contribution in [2.75, 3.05) is 20.1 Å². The van der Waals surface area contributed by atoms with Crippen molar-refractivity contribution in [1.82, 2.24) is 4.90 Å². The Morgan fingerprint density at radius 1 is 1.67 bits per heavy atom. The highest BCUT2D eigenvalue weighted by Crippen LogP contribution is 2.20. The molecule has 0 bridgehead atoms. The van der Waals surface area contributed by atoms with Crippen molar-refractivity contribution in [3.05, 3.63) is 0 Å². The summed E-state index contributed by atoms with van der Waals surface area (Å²) < 4.78 is 0. The first-order valence-corrected chi connectivity index (χ1v) is 4.58. The maximum absolute atomic E-state index is 6.05. The van der Waals surface area contributed by atoms with Gasteiger partial charge in [0.15, 0.2) is 0 Å². The zero-order valence-electron chi connectivity index (χ0n) is 8.30. The fourth-order valence-corrected chi connectivity index (χ4v) is 1.64. The number of rotatable bonds is 1. The van der Waals surface area contributed by atoms with Crippen LogP contribution in [-0.2, 0) is 0 Å². The van der Waals surface area contributed by atoms with E-state index >= 15 is 0 Å². The monoisotopic (exact) mass is 169 g/mol. The van der Waals surface area contributed by atoms with Crippen LogP contribution in [0.5, 0.6) is 0 Å². The Balaban J connectivity index is 2.67. The predicted molar refractivity (Wildman–Crippen MR) is 52.4 cm³/mol. The third kappa shape index (κ3) is 1.97. The number of amidine groups is 1. The quantitative estimate of drug-likeness (QED) is 0.632. The van der Waals surface area contributed by atoms with Crippen LogP contribution < -0.4 is 5.73 Å². The smallest absolute Gasteiger partial charge is 0.100 e. The van der Waals surface area contributed by atoms with E-state index in [2.05, 4.69) is 23.7 Å². The van der Waals surface area contributed by atoms with E-state index in [0.717, 1.165) is 31.8 Å². The van der Waals surface area contributed by atoms with Crippen LogP contribution in [0.1, 0.15) is 26.7 Å². The van der Waals surface area contributed by atoms with Crippen molar-refractivity contribution in [3.8, 4) is 0 Å². The number of piperidine rings is 1. The lowest BCUT2D eigenvalue weighted by Gasteiger charge is -2.38. The van der Waals surface area contributed by atoms with Gasteiger partial charge in [0.25, 0.3) is 0 Å². The molecule has 1 atom stereocenters. The normalized spacial score (nSPS) is 34.3. The molecule has 0 radical (unpaired) electrons. The van der Waals surface area contributed by atoms with Crippen LogP contribution in [0, 0.1) is 0 Å². The maximum atomic E-state index is 6.05. The molecule has 0 aliphatic carbocycles. The van der Waals surface area contributed by atoms with Crippen molar-refractivity contribution in [3.63, 3.8) is 0 Å². The van der Waals surface area contributed by atoms with E-state index < -0.39 is 0 Å². The molecule has 1 rings (SSSR count). The summed E-state index contributed by atoms with van der Waals surface area (Å²) in [5.41, 5.74) is 6.01. The highest BCUT2D eigenvalue weighted by molar-refractivity contribution is 5.84. The number of hydrogen-bond donors (Lipinski definition) is 1. The minimum absolute atomic E-state index is 0.0412. The molecule has 70 valence electrons. The molecule has 0 aromatic carbocycles. The van der Waals surface area contributed by atoms with Crippen LogP contribution in [0.25, 0.3) is 0 Å². The zero-order valence-corrected chi connectivity index (χ0v) is 8.30. The second-order valence-corrected chi connectivity index (χ2v) is 3.80. The third-order valence-corrected chi connectivity index (χ3v) is 2.52. The van der Waals surface area contributed by atoms with Gasteiger partial charge in [-0.2, -0.15) is 0 Å². The van der Waals surface area contributed by atoms with Crippen molar-refractivity contribution >= 4 is 5.84 Å². The van der Waals surface area contributed by atoms with Gasteiger partial charge in [0.1, 0.15) is 5.84 Å². The van der Waals surface area contributed by atoms with E-state index in [1.165, 1.54) is 0 Å². The molecule has 1 aliphatic rings. The molecule has 1 fully saturated rings. The second kappa shape index (κ2) is 3.44. The van der Waals surface area contributed by atoms with Gasteiger partial charge in [-0.05, 0) is 20.3 Å². The Morgan fingerprint density at radius 3 is 2.83 bits per heavy atom. The Kier molecular flexibility index (Phi) is 2.73. The molecule has 1 heterocycles. The summed E-state index contributed by atoms with van der Waals surface area (Å²) in [5.74, 6) is 1.16. The van der Waals surface area contributed by atoms with Gasteiger partial charge in [-0.3, -0.25) is 4.99 Å². The van der Waals surface area contributed by atoms with E-state index in [1.807, 2.05) is 7.05 Å². The van der Waals surface area contributed by atoms with Gasteiger partial charge in [0.05, 0.1) is 0 Å². The molecule has 0 saturated carbocycles. The van der Waals surface area contributed by atoms with Crippen LogP contribution in [0.2, 0.25) is 0 Å². The minimum atomic E-state index is -0.0412. The summed E-state index contributed by atoms with van der Waals surface area (Å²) in [5, 5.41) is 0. The summed E-state index contributed by atoms with van der Waals surface area (Å²) in [6.07, 6.45) is 1.98. The standard InChI is InChI=1S/C9H19N3/c1-4-12-6-5-9(2,10)7-8(12)11-3/h4-7,10H2,1-3H3/b11-8-. The van der Waals surface area contributed by atoms with E-state index in [-0.39, 0.29) is 5.54 Å². The predicted octanol–water partition coefficient (Wildman–Crippen LogP) is 0.848. The van der Waals surface area contributed by atoms with E-state index in [9.17, 15) is 0 Å². The van der Waals surface area contributed by atoms with E-state index in [0.29, 0.717) is 0 Å². The van der Waals surface area contributed by atoms with Crippen LogP contribution in [0.4, 0.5) is 0 Å². The molecular formula is C9H19N3. The Bertz CT molecular complexity index is 184. The van der Waals surface area contributed by atoms with Gasteiger partial charge < -0.3 is 10.6 Å². The molecule has 1 aliphatic heterocycles. The van der Waals surface area contributed by atoms with Crippen LogP contribution in [0.15, 0.2) is 4.99 Å². The average molecular weight is 169 g/mol. The van der Waals surface area contributed by atoms with E-state index in [1.54, 1.807) is 0 Å². The number of nitrogens with zero attached hydrogens (tertiary/aromatic N) is 2. The van der Waals surface area contributed by atoms with Crippen LogP contribution in [-0.4, -0.2) is 36.4 Å². The van der Waals surface area contributed by atoms with Gasteiger partial charge >= 0.3 is 0 Å². The topological polar surface area (TPSA) is 41.6 Å². The maximum Gasteiger partial charge on any atom is 0.100 e. The lowest BCUT2D eigenvalue weighted by Crippen LogP contribution is -2.51. The first-order chi connectivity index (χ1) is 5.59. The Morgan fingerprint density at radius 2 is 2.33 bits per heavy atom. The molecule has 0 amide bonds. The molecular weight excluding hydrogens is 150 g/mol. The summed E-state index contributed by atoms with van der Waals surface area (Å²) >= 11 is 0. The van der Waals surface area contributed by atoms with Crippen molar-refractivity contribution in [2.24, 2.45) is 10.7 Å². The number of hydrogen-bond acceptors (Lipinski definition) is 2. The molecule has 3 nitrogen and oxygen atoms in total. The molecule has 3 heteroatoms. The average Bonchev–Trinajstić information content (AvgIpc) is 2.03. The minimum Gasteiger partial charge on any atom is -0.361 e. The fraction of sp³-hybridized carbons (Fsp3) is 0.889. The molecule has 1 saturated heterocycles. The lowest BCUT2D eigenvalue weighted by atomic mass is 9.90. The van der Waals surface area contributed by atoms with E-state index in [4.69, 9.17) is 5.73 Å². The van der Waals surface area contributed by atoms with Crippen LogP contribution in [0.3, 0.4) is 0 Å². The first kappa shape index (κ1) is 9.52. The van der Waals surface area contributed by atoms with Gasteiger partial charge in [-0.15, -0.1) is 0 Å². The van der Waals surface area contributed by atoms with Crippen LogP contribution >= 0.6 is 0 Å². The summed E-state index contributed by atoms with van der Waals surface area (Å²) in [4.78, 5) is 6.56. The number of aliphatic imine (C=N–C) groups is 1. The molecule has 12 heavy (non-hydrogen) atoms. The summed E-state index contributed by atoms with van der Waals surface area (Å²) in [7, 11) is 1.85. The highest BCUT2D eigenvalue weighted by Gasteiger charge is 2.28. The first-order valence-electron chi connectivity index (χ1n) is 4.58. The summed E-state index contributed by atoms with van der Waals surface area (Å²) in [6, 6.07) is 0. The van der Waals surface area contributed by atoms with Gasteiger partial charge in [0, 0.05) is 32.1 Å².